The molecule has 0 N–H and O–H groups in total. The number of methoxy groups -OCH3 is 1. The van der Waals surface area contributed by atoms with Gasteiger partial charge in [-0.2, -0.15) is 0 Å². The molecule has 2 aromatic rings. The third-order valence-corrected chi connectivity index (χ3v) is 3.46. The first-order chi connectivity index (χ1) is 8.40. The molecule has 0 aliphatic carbocycles. The van der Waals surface area contributed by atoms with Gasteiger partial charge in [0.1, 0.15) is 5.75 Å². The minimum Gasteiger partial charge on any atom is -0.496 e. The molecule has 0 saturated carbocycles. The van der Waals surface area contributed by atoms with E-state index in [1.807, 2.05) is 38.1 Å². The first-order valence-electron chi connectivity index (χ1n) is 5.85. The Morgan fingerprint density at radius 1 is 0.824 bits per heavy atom. The van der Waals surface area contributed by atoms with Crippen LogP contribution >= 0.6 is 8.58 Å². The van der Waals surface area contributed by atoms with Crippen LogP contribution in [0.2, 0.25) is 0 Å². The van der Waals surface area contributed by atoms with Crippen molar-refractivity contribution in [2.75, 3.05) is 7.11 Å². The van der Waals surface area contributed by atoms with E-state index in [0.29, 0.717) is 8.58 Å². The Balaban J connectivity index is 0.000000686. The maximum atomic E-state index is 5.32. The van der Waals surface area contributed by atoms with Crippen molar-refractivity contribution in [3.63, 3.8) is 0 Å². The van der Waals surface area contributed by atoms with Gasteiger partial charge < -0.3 is 4.74 Å². The van der Waals surface area contributed by atoms with Crippen LogP contribution in [0.3, 0.4) is 0 Å². The Morgan fingerprint density at radius 2 is 1.41 bits per heavy atom. The van der Waals surface area contributed by atoms with Crippen LogP contribution in [0.15, 0.2) is 54.6 Å². The average Bonchev–Trinajstić information content (AvgIpc) is 2.43. The van der Waals surface area contributed by atoms with Crippen LogP contribution in [-0.4, -0.2) is 7.11 Å². The van der Waals surface area contributed by atoms with Crippen LogP contribution in [0.5, 0.6) is 5.75 Å². The van der Waals surface area contributed by atoms with Gasteiger partial charge in [-0.05, 0) is 11.4 Å². The smallest absolute Gasteiger partial charge is 0.126 e. The van der Waals surface area contributed by atoms with Gasteiger partial charge in [0, 0.05) is 5.30 Å². The number of benzene rings is 2. The number of ether oxygens (including phenoxy) is 1. The monoisotopic (exact) mass is 246 g/mol. The van der Waals surface area contributed by atoms with Gasteiger partial charge in [-0.25, -0.2) is 0 Å². The molecule has 2 rings (SSSR count). The molecule has 0 saturated heterocycles. The Morgan fingerprint density at radius 3 is 2.06 bits per heavy atom. The molecular formula is C15H19OP. The minimum absolute atomic E-state index is 0.657. The molecule has 0 amide bonds. The Kier molecular flexibility index (Phi) is 6.35. The molecule has 17 heavy (non-hydrogen) atoms. The third-order valence-electron chi connectivity index (χ3n) is 2.16. The summed E-state index contributed by atoms with van der Waals surface area (Å²) in [5, 5.41) is 2.59. The van der Waals surface area contributed by atoms with E-state index in [-0.39, 0.29) is 0 Å². The summed E-state index contributed by atoms with van der Waals surface area (Å²) in [7, 11) is 2.37. The zero-order valence-electron chi connectivity index (χ0n) is 10.6. The van der Waals surface area contributed by atoms with E-state index in [4.69, 9.17) is 4.74 Å². The summed E-state index contributed by atoms with van der Waals surface area (Å²) in [5.41, 5.74) is 0. The van der Waals surface area contributed by atoms with Gasteiger partial charge in [-0.1, -0.05) is 71.0 Å². The van der Waals surface area contributed by atoms with Gasteiger partial charge in [0.05, 0.1) is 7.11 Å². The van der Waals surface area contributed by atoms with Crippen LogP contribution in [0.1, 0.15) is 13.8 Å². The van der Waals surface area contributed by atoms with Crippen molar-refractivity contribution in [1.29, 1.82) is 0 Å². The first-order valence-corrected chi connectivity index (χ1v) is 6.85. The molecule has 0 spiro atoms. The molecule has 0 radical (unpaired) electrons. The summed E-state index contributed by atoms with van der Waals surface area (Å²) >= 11 is 0. The second kappa shape index (κ2) is 7.86. The maximum Gasteiger partial charge on any atom is 0.126 e. The first kappa shape index (κ1) is 13.7. The number of rotatable bonds is 3. The van der Waals surface area contributed by atoms with Crippen molar-refractivity contribution < 1.29 is 4.74 Å². The van der Waals surface area contributed by atoms with E-state index in [1.54, 1.807) is 7.11 Å². The van der Waals surface area contributed by atoms with E-state index in [1.165, 1.54) is 10.6 Å². The third kappa shape index (κ3) is 4.20. The molecular weight excluding hydrogens is 227 g/mol. The lowest BCUT2D eigenvalue weighted by molar-refractivity contribution is 0.418. The quantitative estimate of drug-likeness (QED) is 0.755. The van der Waals surface area contributed by atoms with Crippen LogP contribution in [0.25, 0.3) is 0 Å². The molecule has 1 atom stereocenters. The highest BCUT2D eigenvalue weighted by Crippen LogP contribution is 2.18. The summed E-state index contributed by atoms with van der Waals surface area (Å²) in [6.45, 7) is 4.00. The zero-order chi connectivity index (χ0) is 12.5. The van der Waals surface area contributed by atoms with Gasteiger partial charge >= 0.3 is 0 Å². The second-order valence-corrected chi connectivity index (χ2v) is 4.56. The molecule has 1 unspecified atom stereocenters. The number of hydrogen-bond acceptors (Lipinski definition) is 1. The molecule has 0 heterocycles. The van der Waals surface area contributed by atoms with E-state index in [0.717, 1.165) is 5.75 Å². The Labute approximate surface area is 106 Å². The van der Waals surface area contributed by atoms with Gasteiger partial charge in [0.25, 0.3) is 0 Å². The largest absolute Gasteiger partial charge is 0.496 e. The highest BCUT2D eigenvalue weighted by molar-refractivity contribution is 7.55. The topological polar surface area (TPSA) is 9.23 Å². The fourth-order valence-electron chi connectivity index (χ4n) is 1.42. The maximum absolute atomic E-state index is 5.32. The number of para-hydroxylation sites is 1. The van der Waals surface area contributed by atoms with Crippen LogP contribution in [0, 0.1) is 0 Å². The van der Waals surface area contributed by atoms with Crippen molar-refractivity contribution in [1.82, 2.24) is 0 Å². The SMILES string of the molecule is CC.COc1ccccc1Pc1ccccc1. The zero-order valence-corrected chi connectivity index (χ0v) is 11.6. The van der Waals surface area contributed by atoms with E-state index in [2.05, 4.69) is 30.3 Å². The fourth-order valence-corrected chi connectivity index (χ4v) is 2.58. The van der Waals surface area contributed by atoms with Gasteiger partial charge in [-0.3, -0.25) is 0 Å². The standard InChI is InChI=1S/C13H13OP.C2H6/c1-14-12-9-5-6-10-13(12)15-11-7-3-2-4-8-11;1-2/h2-10,15H,1H3;1-2H3. The van der Waals surface area contributed by atoms with Crippen LogP contribution in [0.4, 0.5) is 0 Å². The fraction of sp³-hybridized carbons (Fsp3) is 0.200. The summed E-state index contributed by atoms with van der Waals surface area (Å²) in [4.78, 5) is 0. The van der Waals surface area contributed by atoms with E-state index in [9.17, 15) is 0 Å². The summed E-state index contributed by atoms with van der Waals surface area (Å²) < 4.78 is 5.32. The molecule has 2 heteroatoms. The summed E-state index contributed by atoms with van der Waals surface area (Å²) in [6, 6.07) is 18.6. The lowest BCUT2D eigenvalue weighted by Gasteiger charge is -2.07. The van der Waals surface area contributed by atoms with Crippen molar-refractivity contribution in [2.24, 2.45) is 0 Å². The molecule has 90 valence electrons. The molecule has 1 nitrogen and oxygen atoms in total. The van der Waals surface area contributed by atoms with E-state index >= 15 is 0 Å². The average molecular weight is 246 g/mol. The Bertz CT molecular complexity index is 426. The molecule has 0 fully saturated rings. The van der Waals surface area contributed by atoms with Crippen molar-refractivity contribution in [3.05, 3.63) is 54.6 Å². The predicted octanol–water partition coefficient (Wildman–Crippen LogP) is 3.35. The lowest BCUT2D eigenvalue weighted by Crippen LogP contribution is -2.05. The van der Waals surface area contributed by atoms with Gasteiger partial charge in [-0.15, -0.1) is 0 Å². The van der Waals surface area contributed by atoms with Crippen LogP contribution in [-0.2, 0) is 0 Å². The summed E-state index contributed by atoms with van der Waals surface area (Å²) in [5.74, 6) is 0.972. The molecule has 2 aromatic carbocycles. The Hall–Kier alpha value is -1.33. The normalized spacial score (nSPS) is 9.82. The highest BCUT2D eigenvalue weighted by atomic mass is 31.1. The lowest BCUT2D eigenvalue weighted by atomic mass is 10.3. The van der Waals surface area contributed by atoms with Crippen molar-refractivity contribution >= 4 is 19.2 Å². The van der Waals surface area contributed by atoms with Gasteiger partial charge in [0.15, 0.2) is 0 Å². The van der Waals surface area contributed by atoms with Crippen LogP contribution < -0.4 is 15.3 Å². The van der Waals surface area contributed by atoms with Crippen molar-refractivity contribution in [2.45, 2.75) is 13.8 Å². The molecule has 0 aliphatic heterocycles. The number of hydrogen-bond donors (Lipinski definition) is 0. The van der Waals surface area contributed by atoms with E-state index < -0.39 is 0 Å². The molecule has 0 aromatic heterocycles. The molecule has 0 aliphatic rings. The predicted molar refractivity (Wildman–Crippen MR) is 78.4 cm³/mol. The van der Waals surface area contributed by atoms with Crippen molar-refractivity contribution in [3.8, 4) is 5.75 Å². The van der Waals surface area contributed by atoms with Gasteiger partial charge in [0.2, 0.25) is 0 Å². The highest BCUT2D eigenvalue weighted by Gasteiger charge is 2.01. The second-order valence-electron chi connectivity index (χ2n) is 3.19. The minimum atomic E-state index is 0.657. The molecule has 0 bridgehead atoms. The summed E-state index contributed by atoms with van der Waals surface area (Å²) in [6.07, 6.45) is 0.